The third-order valence-corrected chi connectivity index (χ3v) is 5.62. The van der Waals surface area contributed by atoms with Crippen LogP contribution in [0.3, 0.4) is 0 Å². The Morgan fingerprint density at radius 3 is 2.48 bits per heavy atom. The SMILES string of the molecule is O=C(CCCc1ccccc1)NC1CCN(C(=O)c2cc3ccccc3[nH]2)CC1. The van der Waals surface area contributed by atoms with Gasteiger partial charge < -0.3 is 15.2 Å². The Labute approximate surface area is 171 Å². The second-order valence-electron chi connectivity index (χ2n) is 7.74. The van der Waals surface area contributed by atoms with Crippen LogP contribution in [0.1, 0.15) is 41.7 Å². The molecule has 2 N–H and O–H groups in total. The molecule has 0 spiro atoms. The molecule has 2 amide bonds. The minimum Gasteiger partial charge on any atom is -0.353 e. The van der Waals surface area contributed by atoms with E-state index in [1.54, 1.807) is 0 Å². The van der Waals surface area contributed by atoms with Crippen LogP contribution in [-0.4, -0.2) is 40.8 Å². The lowest BCUT2D eigenvalue weighted by Crippen LogP contribution is -2.46. The number of aromatic nitrogens is 1. The highest BCUT2D eigenvalue weighted by molar-refractivity contribution is 5.98. The lowest BCUT2D eigenvalue weighted by molar-refractivity contribution is -0.122. The molecule has 29 heavy (non-hydrogen) atoms. The van der Waals surface area contributed by atoms with Crippen LogP contribution in [0.2, 0.25) is 0 Å². The topological polar surface area (TPSA) is 65.2 Å². The van der Waals surface area contributed by atoms with Crippen molar-refractivity contribution in [2.24, 2.45) is 0 Å². The number of fused-ring (bicyclic) bond motifs is 1. The van der Waals surface area contributed by atoms with E-state index in [-0.39, 0.29) is 17.9 Å². The van der Waals surface area contributed by atoms with E-state index < -0.39 is 0 Å². The van der Waals surface area contributed by atoms with Crippen LogP contribution < -0.4 is 5.32 Å². The number of nitrogens with one attached hydrogen (secondary N) is 2. The third-order valence-electron chi connectivity index (χ3n) is 5.62. The van der Waals surface area contributed by atoms with Crippen molar-refractivity contribution in [3.63, 3.8) is 0 Å². The minimum atomic E-state index is 0.0360. The van der Waals surface area contributed by atoms with Gasteiger partial charge in [-0.05, 0) is 43.4 Å². The van der Waals surface area contributed by atoms with Crippen LogP contribution in [0.4, 0.5) is 0 Å². The molecule has 5 nitrogen and oxygen atoms in total. The standard InChI is InChI=1S/C24H27N3O2/c28-23(12-6-9-18-7-2-1-3-8-18)25-20-13-15-27(16-14-20)24(29)22-17-19-10-4-5-11-21(19)26-22/h1-5,7-8,10-11,17,20,26H,6,9,12-16H2,(H,25,28). The lowest BCUT2D eigenvalue weighted by atomic mass is 10.0. The number of para-hydroxylation sites is 1. The second-order valence-corrected chi connectivity index (χ2v) is 7.74. The summed E-state index contributed by atoms with van der Waals surface area (Å²) in [5, 5.41) is 4.19. The molecule has 4 rings (SSSR count). The fraction of sp³-hybridized carbons (Fsp3) is 0.333. The molecule has 1 saturated heterocycles. The van der Waals surface area contributed by atoms with Crippen molar-refractivity contribution in [3.8, 4) is 0 Å². The second kappa shape index (κ2) is 8.95. The molecule has 0 atom stereocenters. The molecule has 1 fully saturated rings. The molecule has 0 unspecified atom stereocenters. The number of aromatic amines is 1. The van der Waals surface area contributed by atoms with E-state index in [9.17, 15) is 9.59 Å². The zero-order valence-electron chi connectivity index (χ0n) is 16.6. The van der Waals surface area contributed by atoms with Crippen molar-refractivity contribution in [2.45, 2.75) is 38.1 Å². The molecule has 0 saturated carbocycles. The van der Waals surface area contributed by atoms with Gasteiger partial charge in [-0.25, -0.2) is 0 Å². The molecule has 1 aromatic heterocycles. The van der Waals surface area contributed by atoms with Crippen molar-refractivity contribution in [1.82, 2.24) is 15.2 Å². The molecule has 2 aromatic carbocycles. The number of aryl methyl sites for hydroxylation is 1. The Kier molecular flexibility index (Phi) is 5.94. The Balaban J connectivity index is 1.21. The largest absolute Gasteiger partial charge is 0.353 e. The van der Waals surface area contributed by atoms with E-state index in [2.05, 4.69) is 22.4 Å². The van der Waals surface area contributed by atoms with Gasteiger partial charge in [0.25, 0.3) is 5.91 Å². The monoisotopic (exact) mass is 389 g/mol. The first kappa shape index (κ1) is 19.2. The van der Waals surface area contributed by atoms with Crippen LogP contribution in [0.25, 0.3) is 10.9 Å². The van der Waals surface area contributed by atoms with E-state index in [0.29, 0.717) is 25.2 Å². The molecule has 3 aromatic rings. The lowest BCUT2D eigenvalue weighted by Gasteiger charge is -2.32. The molecular formula is C24H27N3O2. The molecule has 1 aliphatic rings. The van der Waals surface area contributed by atoms with Crippen LogP contribution in [0.5, 0.6) is 0 Å². The quantitative estimate of drug-likeness (QED) is 0.671. The van der Waals surface area contributed by atoms with Crippen LogP contribution in [-0.2, 0) is 11.2 Å². The molecule has 2 heterocycles. The van der Waals surface area contributed by atoms with Gasteiger partial charge in [0.1, 0.15) is 5.69 Å². The number of amides is 2. The van der Waals surface area contributed by atoms with Gasteiger partial charge in [-0.1, -0.05) is 48.5 Å². The van der Waals surface area contributed by atoms with Crippen molar-refractivity contribution in [3.05, 3.63) is 71.9 Å². The third kappa shape index (κ3) is 4.86. The summed E-state index contributed by atoms with van der Waals surface area (Å²) in [7, 11) is 0. The molecule has 0 bridgehead atoms. The van der Waals surface area contributed by atoms with E-state index in [0.717, 1.165) is 36.6 Å². The maximum atomic E-state index is 12.8. The van der Waals surface area contributed by atoms with Crippen molar-refractivity contribution in [1.29, 1.82) is 0 Å². The molecule has 5 heteroatoms. The number of carbonyl (C=O) groups excluding carboxylic acids is 2. The number of carbonyl (C=O) groups is 2. The number of hydrogen-bond donors (Lipinski definition) is 2. The van der Waals surface area contributed by atoms with E-state index in [1.165, 1.54) is 5.56 Å². The van der Waals surface area contributed by atoms with Gasteiger partial charge in [-0.2, -0.15) is 0 Å². The van der Waals surface area contributed by atoms with Gasteiger partial charge in [0.05, 0.1) is 0 Å². The average molecular weight is 389 g/mol. The van der Waals surface area contributed by atoms with Gasteiger partial charge in [0.15, 0.2) is 0 Å². The Morgan fingerprint density at radius 2 is 1.72 bits per heavy atom. The van der Waals surface area contributed by atoms with Gasteiger partial charge >= 0.3 is 0 Å². The van der Waals surface area contributed by atoms with Crippen LogP contribution in [0.15, 0.2) is 60.7 Å². The number of rotatable bonds is 6. The maximum absolute atomic E-state index is 12.8. The summed E-state index contributed by atoms with van der Waals surface area (Å²) in [6, 6.07) is 20.2. The Hall–Kier alpha value is -3.08. The predicted octanol–water partition coefficient (Wildman–Crippen LogP) is 3.91. The van der Waals surface area contributed by atoms with Gasteiger partial charge in [0, 0.05) is 36.5 Å². The average Bonchev–Trinajstić information content (AvgIpc) is 3.19. The molecule has 0 aliphatic carbocycles. The number of H-pyrrole nitrogens is 1. The number of likely N-dealkylation sites (tertiary alicyclic amines) is 1. The van der Waals surface area contributed by atoms with E-state index in [1.807, 2.05) is 53.4 Å². The molecular weight excluding hydrogens is 362 g/mol. The number of hydrogen-bond acceptors (Lipinski definition) is 2. The Morgan fingerprint density at radius 1 is 1.00 bits per heavy atom. The first-order valence-electron chi connectivity index (χ1n) is 10.4. The van der Waals surface area contributed by atoms with Crippen LogP contribution >= 0.6 is 0 Å². The van der Waals surface area contributed by atoms with E-state index in [4.69, 9.17) is 0 Å². The fourth-order valence-corrected chi connectivity index (χ4v) is 3.98. The van der Waals surface area contributed by atoms with Gasteiger partial charge in [-0.3, -0.25) is 9.59 Å². The Bertz CT molecular complexity index is 939. The van der Waals surface area contributed by atoms with Gasteiger partial charge in [-0.15, -0.1) is 0 Å². The van der Waals surface area contributed by atoms with Crippen molar-refractivity contribution >= 4 is 22.7 Å². The summed E-state index contributed by atoms with van der Waals surface area (Å²) in [6.45, 7) is 1.34. The maximum Gasteiger partial charge on any atom is 0.270 e. The summed E-state index contributed by atoms with van der Waals surface area (Å²) in [6.07, 6.45) is 3.93. The first-order chi connectivity index (χ1) is 14.2. The number of piperidine rings is 1. The summed E-state index contributed by atoms with van der Waals surface area (Å²) in [5.74, 6) is 0.148. The fourth-order valence-electron chi connectivity index (χ4n) is 3.98. The molecule has 0 radical (unpaired) electrons. The highest BCUT2D eigenvalue weighted by Crippen LogP contribution is 2.18. The minimum absolute atomic E-state index is 0.0360. The zero-order valence-corrected chi connectivity index (χ0v) is 16.6. The number of nitrogens with zero attached hydrogens (tertiary/aromatic N) is 1. The van der Waals surface area contributed by atoms with Crippen LogP contribution in [0, 0.1) is 0 Å². The van der Waals surface area contributed by atoms with Crippen molar-refractivity contribution < 1.29 is 9.59 Å². The predicted molar refractivity (Wildman–Crippen MR) is 115 cm³/mol. The summed E-state index contributed by atoms with van der Waals surface area (Å²) >= 11 is 0. The smallest absolute Gasteiger partial charge is 0.270 e. The van der Waals surface area contributed by atoms with E-state index >= 15 is 0 Å². The highest BCUT2D eigenvalue weighted by atomic mass is 16.2. The summed E-state index contributed by atoms with van der Waals surface area (Å²) in [5.41, 5.74) is 2.88. The number of benzene rings is 2. The molecule has 1 aliphatic heterocycles. The molecule has 150 valence electrons. The zero-order chi connectivity index (χ0) is 20.1. The normalized spacial score (nSPS) is 14.8. The summed E-state index contributed by atoms with van der Waals surface area (Å²) in [4.78, 5) is 30.1. The van der Waals surface area contributed by atoms with Crippen molar-refractivity contribution in [2.75, 3.05) is 13.1 Å². The summed E-state index contributed by atoms with van der Waals surface area (Å²) < 4.78 is 0. The highest BCUT2D eigenvalue weighted by Gasteiger charge is 2.25. The first-order valence-corrected chi connectivity index (χ1v) is 10.4. The van der Waals surface area contributed by atoms with Gasteiger partial charge in [0.2, 0.25) is 5.91 Å².